The molecule has 5 aromatic carbocycles. The summed E-state index contributed by atoms with van der Waals surface area (Å²) in [5, 5.41) is 0. The molecule has 0 radical (unpaired) electrons. The largest absolute Gasteiger partial charge is 0.457 e. The van der Waals surface area contributed by atoms with Gasteiger partial charge >= 0.3 is 0 Å². The van der Waals surface area contributed by atoms with E-state index >= 15 is 0 Å². The number of carbonyl (C=O) groups is 2. The van der Waals surface area contributed by atoms with Crippen molar-refractivity contribution in [2.24, 2.45) is 0 Å². The molecule has 0 saturated heterocycles. The third-order valence-corrected chi connectivity index (χ3v) is 7.07. The number of hydrogen-bond acceptors (Lipinski definition) is 3. The van der Waals surface area contributed by atoms with Gasteiger partial charge in [-0.05, 0) is 114 Å². The molecule has 0 bridgehead atoms. The lowest BCUT2D eigenvalue weighted by Gasteiger charge is -2.13. The van der Waals surface area contributed by atoms with E-state index in [9.17, 15) is 18.4 Å². The summed E-state index contributed by atoms with van der Waals surface area (Å²) < 4.78 is 32.7. The van der Waals surface area contributed by atoms with Gasteiger partial charge in [-0.1, -0.05) is 44.2 Å². The number of ether oxygens (including phenoxy) is 1. The molecule has 204 valence electrons. The van der Waals surface area contributed by atoms with E-state index in [2.05, 4.69) is 0 Å². The molecular formula is C36H28F2O3. The highest BCUT2D eigenvalue weighted by molar-refractivity contribution is 6.10. The van der Waals surface area contributed by atoms with Crippen molar-refractivity contribution in [2.45, 2.75) is 26.7 Å². The van der Waals surface area contributed by atoms with E-state index in [-0.39, 0.29) is 23.2 Å². The van der Waals surface area contributed by atoms with Gasteiger partial charge in [0.25, 0.3) is 0 Å². The molecule has 5 heteroatoms. The molecule has 0 aliphatic rings. The molecule has 0 aromatic heterocycles. The van der Waals surface area contributed by atoms with E-state index in [0.717, 1.165) is 22.3 Å². The van der Waals surface area contributed by atoms with E-state index in [0.29, 0.717) is 46.6 Å². The molecule has 0 fully saturated rings. The van der Waals surface area contributed by atoms with Crippen LogP contribution < -0.4 is 4.74 Å². The number of aryl methyl sites for hydroxylation is 2. The number of benzene rings is 5. The molecule has 0 atom stereocenters. The monoisotopic (exact) mass is 546 g/mol. The van der Waals surface area contributed by atoms with Crippen molar-refractivity contribution in [3.8, 4) is 22.6 Å². The maximum absolute atomic E-state index is 13.3. The summed E-state index contributed by atoms with van der Waals surface area (Å²) in [5.74, 6) is 0.213. The van der Waals surface area contributed by atoms with Crippen LogP contribution in [0.2, 0.25) is 0 Å². The smallest absolute Gasteiger partial charge is 0.193 e. The van der Waals surface area contributed by atoms with Gasteiger partial charge in [-0.2, -0.15) is 0 Å². The van der Waals surface area contributed by atoms with Crippen molar-refractivity contribution < 1.29 is 23.1 Å². The first-order valence-corrected chi connectivity index (χ1v) is 13.5. The minimum atomic E-state index is -0.383. The molecule has 0 amide bonds. The van der Waals surface area contributed by atoms with Crippen molar-refractivity contribution in [2.75, 3.05) is 0 Å². The Morgan fingerprint density at radius 1 is 0.537 bits per heavy atom. The van der Waals surface area contributed by atoms with Crippen molar-refractivity contribution in [1.29, 1.82) is 0 Å². The fourth-order valence-corrected chi connectivity index (χ4v) is 4.80. The number of hydrogen-bond donors (Lipinski definition) is 0. The fourth-order valence-electron chi connectivity index (χ4n) is 4.80. The second-order valence-electron chi connectivity index (χ2n) is 9.70. The van der Waals surface area contributed by atoms with Crippen LogP contribution in [0, 0.1) is 11.6 Å². The molecular weight excluding hydrogens is 518 g/mol. The molecule has 0 aliphatic carbocycles. The zero-order valence-corrected chi connectivity index (χ0v) is 22.8. The molecule has 0 aliphatic heterocycles. The summed E-state index contributed by atoms with van der Waals surface area (Å²) in [6.45, 7) is 3.97. The third kappa shape index (κ3) is 6.15. The summed E-state index contributed by atoms with van der Waals surface area (Å²) in [4.78, 5) is 26.0. The van der Waals surface area contributed by atoms with Crippen LogP contribution in [0.15, 0.2) is 109 Å². The summed E-state index contributed by atoms with van der Waals surface area (Å²) in [6, 6.07) is 29.9. The highest BCUT2D eigenvalue weighted by Crippen LogP contribution is 2.30. The van der Waals surface area contributed by atoms with Gasteiger partial charge in [-0.25, -0.2) is 8.78 Å². The summed E-state index contributed by atoms with van der Waals surface area (Å²) in [7, 11) is 0. The first kappa shape index (κ1) is 27.7. The maximum atomic E-state index is 13.3. The average molecular weight is 547 g/mol. The second kappa shape index (κ2) is 12.1. The number of rotatable bonds is 9. The molecule has 0 spiro atoms. The van der Waals surface area contributed by atoms with E-state index in [1.165, 1.54) is 48.5 Å². The van der Waals surface area contributed by atoms with Crippen LogP contribution in [0.3, 0.4) is 0 Å². The van der Waals surface area contributed by atoms with E-state index in [4.69, 9.17) is 4.74 Å². The minimum Gasteiger partial charge on any atom is -0.457 e. The second-order valence-corrected chi connectivity index (χ2v) is 9.70. The van der Waals surface area contributed by atoms with Crippen LogP contribution in [0.4, 0.5) is 8.78 Å². The van der Waals surface area contributed by atoms with Gasteiger partial charge < -0.3 is 4.74 Å². The standard InChI is InChI=1S/C36H28F2O3/c1-3-23-21-28(11-19-33(23)35(39)26-5-12-29(37)13-6-26)25-9-16-31(17-10-25)41-32-18-20-34(24(4-2)22-32)36(40)27-7-14-30(38)15-8-27/h5-22H,3-4H2,1-2H3. The summed E-state index contributed by atoms with van der Waals surface area (Å²) in [5.41, 5.74) is 5.77. The van der Waals surface area contributed by atoms with Gasteiger partial charge in [0.1, 0.15) is 23.1 Å². The van der Waals surface area contributed by atoms with Gasteiger partial charge in [0.15, 0.2) is 11.6 Å². The molecule has 3 nitrogen and oxygen atoms in total. The lowest BCUT2D eigenvalue weighted by atomic mass is 9.93. The Kier molecular flexibility index (Phi) is 8.16. The van der Waals surface area contributed by atoms with Gasteiger partial charge in [0.2, 0.25) is 0 Å². The zero-order valence-electron chi connectivity index (χ0n) is 22.8. The lowest BCUT2D eigenvalue weighted by molar-refractivity contribution is 0.103. The molecule has 0 saturated carbocycles. The highest BCUT2D eigenvalue weighted by Gasteiger charge is 2.16. The average Bonchev–Trinajstić information content (AvgIpc) is 3.01. The molecule has 0 unspecified atom stereocenters. The van der Waals surface area contributed by atoms with E-state index < -0.39 is 0 Å². The summed E-state index contributed by atoms with van der Waals surface area (Å²) in [6.07, 6.45) is 1.31. The first-order valence-electron chi connectivity index (χ1n) is 13.5. The Labute approximate surface area is 238 Å². The Morgan fingerprint density at radius 2 is 0.976 bits per heavy atom. The maximum Gasteiger partial charge on any atom is 0.193 e. The van der Waals surface area contributed by atoms with Gasteiger partial charge in [0.05, 0.1) is 0 Å². The first-order chi connectivity index (χ1) is 19.9. The number of carbonyl (C=O) groups excluding carboxylic acids is 2. The van der Waals surface area contributed by atoms with Crippen LogP contribution in [0.25, 0.3) is 11.1 Å². The predicted octanol–water partition coefficient (Wildman–Crippen LogP) is 9.01. The van der Waals surface area contributed by atoms with Crippen LogP contribution in [0.1, 0.15) is 56.8 Å². The molecule has 0 heterocycles. The Morgan fingerprint density at radius 3 is 1.49 bits per heavy atom. The topological polar surface area (TPSA) is 43.4 Å². The predicted molar refractivity (Wildman–Crippen MR) is 157 cm³/mol. The van der Waals surface area contributed by atoms with Crippen molar-refractivity contribution >= 4 is 11.6 Å². The highest BCUT2D eigenvalue weighted by atomic mass is 19.1. The molecule has 5 aromatic rings. The number of halogens is 2. The van der Waals surface area contributed by atoms with E-state index in [1.807, 2.05) is 62.4 Å². The fraction of sp³-hybridized carbons (Fsp3) is 0.111. The van der Waals surface area contributed by atoms with Crippen LogP contribution in [0.5, 0.6) is 11.5 Å². The summed E-state index contributed by atoms with van der Waals surface area (Å²) >= 11 is 0. The minimum absolute atomic E-state index is 0.131. The van der Waals surface area contributed by atoms with Crippen LogP contribution in [-0.2, 0) is 12.8 Å². The third-order valence-electron chi connectivity index (χ3n) is 7.07. The quantitative estimate of drug-likeness (QED) is 0.173. The van der Waals surface area contributed by atoms with Crippen molar-refractivity contribution in [3.05, 3.63) is 154 Å². The Hall–Kier alpha value is -4.90. The number of ketones is 2. The molecule has 5 rings (SSSR count). The Bertz CT molecular complexity index is 1700. The SMILES string of the molecule is CCc1cc(Oc2ccc(-c3ccc(C(=O)c4ccc(F)cc4)c(CC)c3)cc2)ccc1C(=O)c1ccc(F)cc1. The van der Waals surface area contributed by atoms with Crippen molar-refractivity contribution in [1.82, 2.24) is 0 Å². The van der Waals surface area contributed by atoms with Crippen LogP contribution >= 0.6 is 0 Å². The molecule has 0 N–H and O–H groups in total. The normalized spacial score (nSPS) is 10.8. The van der Waals surface area contributed by atoms with Gasteiger partial charge in [0, 0.05) is 22.3 Å². The van der Waals surface area contributed by atoms with Crippen LogP contribution in [-0.4, -0.2) is 11.6 Å². The Balaban J connectivity index is 1.33. The lowest BCUT2D eigenvalue weighted by Crippen LogP contribution is -2.05. The van der Waals surface area contributed by atoms with E-state index in [1.54, 1.807) is 12.1 Å². The molecule has 41 heavy (non-hydrogen) atoms. The zero-order chi connectivity index (χ0) is 28.9. The van der Waals surface area contributed by atoms with Gasteiger partial charge in [-0.15, -0.1) is 0 Å². The van der Waals surface area contributed by atoms with Gasteiger partial charge in [-0.3, -0.25) is 9.59 Å². The van der Waals surface area contributed by atoms with Crippen molar-refractivity contribution in [3.63, 3.8) is 0 Å².